The van der Waals surface area contributed by atoms with Crippen LogP contribution in [-0.2, 0) is 6.42 Å². The Balaban J connectivity index is 1.47. The molecule has 0 saturated carbocycles. The lowest BCUT2D eigenvalue weighted by molar-refractivity contribution is 0.0570. The fraction of sp³-hybridized carbons (Fsp3) is 0.450. The van der Waals surface area contributed by atoms with Gasteiger partial charge in [-0.2, -0.15) is 0 Å². The Kier molecular flexibility index (Phi) is 4.15. The summed E-state index contributed by atoms with van der Waals surface area (Å²) in [5.74, 6) is 1.08. The first-order valence-electron chi connectivity index (χ1n) is 8.85. The third-order valence-electron chi connectivity index (χ3n) is 5.59. The number of carbonyl (C=O) groups is 1. The van der Waals surface area contributed by atoms with Crippen molar-refractivity contribution in [1.29, 1.82) is 0 Å². The van der Waals surface area contributed by atoms with E-state index in [0.717, 1.165) is 38.9 Å². The van der Waals surface area contributed by atoms with Crippen LogP contribution in [0.2, 0.25) is 0 Å². The number of fused-ring (bicyclic) bond motifs is 1. The molecule has 0 spiro atoms. The number of likely N-dealkylation sites (tertiary alicyclic amines) is 1. The van der Waals surface area contributed by atoms with E-state index in [0.29, 0.717) is 17.7 Å². The molecule has 0 bridgehead atoms. The van der Waals surface area contributed by atoms with E-state index < -0.39 is 0 Å². The molecule has 1 saturated heterocycles. The molecule has 24 heavy (non-hydrogen) atoms. The van der Waals surface area contributed by atoms with Crippen molar-refractivity contribution in [3.05, 3.63) is 59.5 Å². The Morgan fingerprint density at radius 3 is 2.62 bits per heavy atom. The van der Waals surface area contributed by atoms with Gasteiger partial charge in [-0.25, -0.2) is 0 Å². The molecular weight excluding hydrogens is 300 g/mol. The van der Waals surface area contributed by atoms with Crippen LogP contribution in [0.5, 0.6) is 0 Å². The first kappa shape index (κ1) is 15.5. The molecule has 1 unspecified atom stereocenters. The van der Waals surface area contributed by atoms with Crippen molar-refractivity contribution in [2.45, 2.75) is 25.3 Å². The normalized spacial score (nSPS) is 22.4. The second kappa shape index (κ2) is 6.44. The molecule has 4 heteroatoms. The summed E-state index contributed by atoms with van der Waals surface area (Å²) >= 11 is 0. The van der Waals surface area contributed by atoms with Crippen molar-refractivity contribution in [2.24, 2.45) is 5.92 Å². The fourth-order valence-corrected chi connectivity index (χ4v) is 4.31. The van der Waals surface area contributed by atoms with Gasteiger partial charge in [-0.05, 0) is 55.5 Å². The molecule has 1 amide bonds. The van der Waals surface area contributed by atoms with Crippen molar-refractivity contribution in [2.75, 3.05) is 26.7 Å². The molecule has 2 aliphatic rings. The monoisotopic (exact) mass is 324 g/mol. The molecule has 4 nitrogen and oxygen atoms in total. The summed E-state index contributed by atoms with van der Waals surface area (Å²) in [6, 6.07) is 12.9. The Labute approximate surface area is 143 Å². The van der Waals surface area contributed by atoms with Gasteiger partial charge in [-0.1, -0.05) is 24.3 Å². The minimum Gasteiger partial charge on any atom is -0.459 e. The van der Waals surface area contributed by atoms with E-state index in [1.54, 1.807) is 18.4 Å². The number of furan rings is 1. The van der Waals surface area contributed by atoms with Crippen LogP contribution in [0.3, 0.4) is 0 Å². The molecule has 4 rings (SSSR count). The molecule has 1 fully saturated rings. The van der Waals surface area contributed by atoms with Gasteiger partial charge in [-0.15, -0.1) is 0 Å². The quantitative estimate of drug-likeness (QED) is 0.850. The van der Waals surface area contributed by atoms with Gasteiger partial charge in [0.05, 0.1) is 6.26 Å². The fourth-order valence-electron chi connectivity index (χ4n) is 4.31. The standard InChI is InChI=1S/C20H24N2O2/c1-21-11-8-15-5-2-3-6-17(15)19(21)16-9-12-22(13-10-16)20(23)18-7-4-14-24-18/h2-7,14,16,19H,8-13H2,1H3. The largest absolute Gasteiger partial charge is 0.459 e. The van der Waals surface area contributed by atoms with E-state index in [1.807, 2.05) is 4.90 Å². The zero-order valence-electron chi connectivity index (χ0n) is 14.1. The van der Waals surface area contributed by atoms with E-state index in [4.69, 9.17) is 4.42 Å². The first-order chi connectivity index (χ1) is 11.7. The Morgan fingerprint density at radius 1 is 1.08 bits per heavy atom. The van der Waals surface area contributed by atoms with Gasteiger partial charge in [0.2, 0.25) is 0 Å². The summed E-state index contributed by atoms with van der Waals surface area (Å²) in [6.45, 7) is 2.75. The van der Waals surface area contributed by atoms with Crippen LogP contribution in [0.1, 0.15) is 40.6 Å². The highest BCUT2D eigenvalue weighted by Gasteiger charge is 2.35. The molecule has 0 radical (unpaired) electrons. The highest BCUT2D eigenvalue weighted by molar-refractivity contribution is 5.91. The summed E-state index contributed by atoms with van der Waals surface area (Å²) in [5, 5.41) is 0. The number of hydrogen-bond acceptors (Lipinski definition) is 3. The highest BCUT2D eigenvalue weighted by Crippen LogP contribution is 2.39. The van der Waals surface area contributed by atoms with E-state index in [-0.39, 0.29) is 5.91 Å². The average molecular weight is 324 g/mol. The van der Waals surface area contributed by atoms with Crippen LogP contribution < -0.4 is 0 Å². The van der Waals surface area contributed by atoms with E-state index in [1.165, 1.54) is 11.1 Å². The predicted octanol–water partition coefficient (Wildman–Crippen LogP) is 3.36. The second-order valence-corrected chi connectivity index (χ2v) is 6.98. The SMILES string of the molecule is CN1CCc2ccccc2C1C1CCN(C(=O)c2ccco2)CC1. The minimum atomic E-state index is 0.0239. The third kappa shape index (κ3) is 2.75. The predicted molar refractivity (Wildman–Crippen MR) is 92.9 cm³/mol. The van der Waals surface area contributed by atoms with Crippen LogP contribution in [0, 0.1) is 5.92 Å². The molecule has 1 aromatic heterocycles. The Hall–Kier alpha value is -2.07. The number of carbonyl (C=O) groups excluding carboxylic acids is 1. The van der Waals surface area contributed by atoms with Crippen LogP contribution in [-0.4, -0.2) is 42.4 Å². The average Bonchev–Trinajstić information content (AvgIpc) is 3.16. The van der Waals surface area contributed by atoms with Gasteiger partial charge in [0, 0.05) is 25.7 Å². The minimum absolute atomic E-state index is 0.0239. The molecule has 0 aliphatic carbocycles. The van der Waals surface area contributed by atoms with Crippen molar-refractivity contribution >= 4 is 5.91 Å². The number of likely N-dealkylation sites (N-methyl/N-ethyl adjacent to an activating group) is 1. The zero-order valence-corrected chi connectivity index (χ0v) is 14.1. The maximum absolute atomic E-state index is 12.4. The van der Waals surface area contributed by atoms with Crippen molar-refractivity contribution in [3.8, 4) is 0 Å². The zero-order chi connectivity index (χ0) is 16.5. The summed E-state index contributed by atoms with van der Waals surface area (Å²) in [5.41, 5.74) is 2.98. The molecule has 2 aromatic rings. The van der Waals surface area contributed by atoms with E-state index >= 15 is 0 Å². The summed E-state index contributed by atoms with van der Waals surface area (Å²) in [7, 11) is 2.24. The number of amides is 1. The topological polar surface area (TPSA) is 36.7 Å². The number of piperidine rings is 1. The maximum Gasteiger partial charge on any atom is 0.289 e. The van der Waals surface area contributed by atoms with E-state index in [2.05, 4.69) is 36.2 Å². The third-order valence-corrected chi connectivity index (χ3v) is 5.59. The highest BCUT2D eigenvalue weighted by atomic mass is 16.3. The number of hydrogen-bond donors (Lipinski definition) is 0. The van der Waals surface area contributed by atoms with Gasteiger partial charge in [-0.3, -0.25) is 9.69 Å². The number of rotatable bonds is 2. The Morgan fingerprint density at radius 2 is 1.88 bits per heavy atom. The molecule has 1 aromatic carbocycles. The number of nitrogens with zero attached hydrogens (tertiary/aromatic N) is 2. The van der Waals surface area contributed by atoms with Crippen molar-refractivity contribution < 1.29 is 9.21 Å². The molecule has 2 aliphatic heterocycles. The molecular formula is C20H24N2O2. The van der Waals surface area contributed by atoms with Gasteiger partial charge >= 0.3 is 0 Å². The summed E-state index contributed by atoms with van der Waals surface area (Å²) < 4.78 is 5.26. The maximum atomic E-state index is 12.4. The van der Waals surface area contributed by atoms with Crippen LogP contribution in [0.4, 0.5) is 0 Å². The van der Waals surface area contributed by atoms with Gasteiger partial charge in [0.1, 0.15) is 0 Å². The van der Waals surface area contributed by atoms with Crippen LogP contribution in [0.25, 0.3) is 0 Å². The molecule has 126 valence electrons. The lowest BCUT2D eigenvalue weighted by atomic mass is 9.80. The van der Waals surface area contributed by atoms with Crippen molar-refractivity contribution in [1.82, 2.24) is 9.80 Å². The second-order valence-electron chi connectivity index (χ2n) is 6.98. The summed E-state index contributed by atoms with van der Waals surface area (Å²) in [4.78, 5) is 16.9. The molecule has 1 atom stereocenters. The van der Waals surface area contributed by atoms with Crippen LogP contribution >= 0.6 is 0 Å². The van der Waals surface area contributed by atoms with Gasteiger partial charge in [0.15, 0.2) is 5.76 Å². The van der Waals surface area contributed by atoms with Gasteiger partial charge < -0.3 is 9.32 Å². The Bertz CT molecular complexity index is 702. The van der Waals surface area contributed by atoms with Crippen LogP contribution in [0.15, 0.2) is 47.1 Å². The first-order valence-corrected chi connectivity index (χ1v) is 8.85. The van der Waals surface area contributed by atoms with E-state index in [9.17, 15) is 4.79 Å². The molecule has 0 N–H and O–H groups in total. The lowest BCUT2D eigenvalue weighted by Gasteiger charge is -2.43. The van der Waals surface area contributed by atoms with Crippen molar-refractivity contribution in [3.63, 3.8) is 0 Å². The lowest BCUT2D eigenvalue weighted by Crippen LogP contribution is -2.44. The van der Waals surface area contributed by atoms with Gasteiger partial charge in [0.25, 0.3) is 5.91 Å². The number of benzene rings is 1. The molecule has 3 heterocycles. The summed E-state index contributed by atoms with van der Waals surface area (Å²) in [6.07, 6.45) is 4.80. The smallest absolute Gasteiger partial charge is 0.289 e.